The molecule has 1 saturated heterocycles. The Morgan fingerprint density at radius 2 is 1.82 bits per heavy atom. The molecule has 2 heterocycles. The van der Waals surface area contributed by atoms with Crippen LogP contribution < -0.4 is 4.90 Å². The number of carbonyl (C=O) groups excluding carboxylic acids is 1. The van der Waals surface area contributed by atoms with Crippen LogP contribution in [-0.2, 0) is 16.0 Å². The van der Waals surface area contributed by atoms with Gasteiger partial charge in [0, 0.05) is 38.2 Å². The molecular weight excluding hydrogens is 284 g/mol. The number of hydrogen-bond donors (Lipinski definition) is 2. The molecule has 0 saturated carbocycles. The summed E-state index contributed by atoms with van der Waals surface area (Å²) in [5.41, 5.74) is 0.681. The van der Waals surface area contributed by atoms with E-state index >= 15 is 0 Å². The van der Waals surface area contributed by atoms with Gasteiger partial charge in [0.2, 0.25) is 5.91 Å². The van der Waals surface area contributed by atoms with E-state index in [2.05, 4.69) is 11.0 Å². The predicted molar refractivity (Wildman–Crippen MR) is 80.8 cm³/mol. The number of fused-ring (bicyclic) bond motifs is 1. The van der Waals surface area contributed by atoms with Crippen LogP contribution in [0.25, 0.3) is 0 Å². The summed E-state index contributed by atoms with van der Waals surface area (Å²) in [5, 5.41) is 18.9. The number of rotatable bonds is 3. The molecule has 1 fully saturated rings. The number of aliphatic hydroxyl groups is 1. The number of anilines is 1. The smallest absolute Gasteiger partial charge is 0.335 e. The van der Waals surface area contributed by atoms with Crippen LogP contribution in [0.4, 0.5) is 5.69 Å². The largest absolute Gasteiger partial charge is 0.479 e. The number of aliphatic carboxylic acids is 1. The molecule has 2 N–H and O–H groups in total. The molecule has 0 atom stereocenters. The van der Waals surface area contributed by atoms with E-state index in [1.165, 1.54) is 5.56 Å². The zero-order chi connectivity index (χ0) is 15.7. The monoisotopic (exact) mass is 304 g/mol. The fourth-order valence-corrected chi connectivity index (χ4v) is 3.17. The molecule has 2 aliphatic rings. The number of para-hydroxylation sites is 1. The van der Waals surface area contributed by atoms with Gasteiger partial charge >= 0.3 is 5.97 Å². The number of carboxylic acids is 1. The van der Waals surface area contributed by atoms with Gasteiger partial charge in [-0.2, -0.15) is 0 Å². The van der Waals surface area contributed by atoms with Gasteiger partial charge in [-0.3, -0.25) is 4.79 Å². The van der Waals surface area contributed by atoms with Crippen LogP contribution in [0.1, 0.15) is 18.4 Å². The van der Waals surface area contributed by atoms with Gasteiger partial charge in [-0.25, -0.2) is 4.79 Å². The normalized spacial score (nSPS) is 19.9. The highest BCUT2D eigenvalue weighted by Gasteiger charge is 2.40. The van der Waals surface area contributed by atoms with E-state index in [-0.39, 0.29) is 31.8 Å². The lowest BCUT2D eigenvalue weighted by Crippen LogP contribution is -2.52. The molecule has 1 aromatic rings. The third-order valence-corrected chi connectivity index (χ3v) is 4.65. The van der Waals surface area contributed by atoms with Gasteiger partial charge in [0.15, 0.2) is 5.60 Å². The average Bonchev–Trinajstić information content (AvgIpc) is 2.91. The average molecular weight is 304 g/mol. The van der Waals surface area contributed by atoms with Crippen molar-refractivity contribution in [3.8, 4) is 0 Å². The second-order valence-corrected chi connectivity index (χ2v) is 6.02. The van der Waals surface area contributed by atoms with Gasteiger partial charge in [0.25, 0.3) is 0 Å². The zero-order valence-corrected chi connectivity index (χ0v) is 12.4. The van der Waals surface area contributed by atoms with Crippen LogP contribution >= 0.6 is 0 Å². The summed E-state index contributed by atoms with van der Waals surface area (Å²) in [5.74, 6) is -1.21. The SMILES string of the molecule is O=C(CN1CCc2ccccc21)N1CCC(O)(C(=O)O)CC1. The summed E-state index contributed by atoms with van der Waals surface area (Å²) < 4.78 is 0. The lowest BCUT2D eigenvalue weighted by molar-refractivity contribution is -0.165. The van der Waals surface area contributed by atoms with E-state index in [4.69, 9.17) is 5.11 Å². The number of carbonyl (C=O) groups is 2. The molecule has 2 aliphatic heterocycles. The van der Waals surface area contributed by atoms with Crippen molar-refractivity contribution in [2.45, 2.75) is 24.9 Å². The highest BCUT2D eigenvalue weighted by atomic mass is 16.4. The summed E-state index contributed by atoms with van der Waals surface area (Å²) in [6.07, 6.45) is 1.12. The fraction of sp³-hybridized carbons (Fsp3) is 0.500. The molecule has 1 amide bonds. The van der Waals surface area contributed by atoms with Crippen molar-refractivity contribution in [1.29, 1.82) is 0 Å². The van der Waals surface area contributed by atoms with E-state index in [1.807, 2.05) is 18.2 Å². The van der Waals surface area contributed by atoms with Crippen molar-refractivity contribution < 1.29 is 19.8 Å². The Bertz CT molecular complexity index is 594. The molecule has 1 aromatic carbocycles. The molecule has 6 nitrogen and oxygen atoms in total. The minimum absolute atomic E-state index is 0.0101. The number of nitrogens with zero attached hydrogens (tertiary/aromatic N) is 2. The van der Waals surface area contributed by atoms with E-state index in [1.54, 1.807) is 4.90 Å². The molecule has 0 spiro atoms. The maximum Gasteiger partial charge on any atom is 0.335 e. The Labute approximate surface area is 129 Å². The van der Waals surface area contributed by atoms with Crippen LogP contribution in [0.3, 0.4) is 0 Å². The van der Waals surface area contributed by atoms with Gasteiger partial charge in [-0.05, 0) is 18.1 Å². The first-order valence-corrected chi connectivity index (χ1v) is 7.56. The maximum atomic E-state index is 12.4. The minimum atomic E-state index is -1.68. The standard InChI is InChI=1S/C16H20N2O4/c19-14(17-9-6-16(22,7-10-17)15(20)21)11-18-8-5-12-3-1-2-4-13(12)18/h1-4,22H,5-11H2,(H,20,21). The molecular formula is C16H20N2O4. The Morgan fingerprint density at radius 1 is 1.14 bits per heavy atom. The van der Waals surface area contributed by atoms with Gasteiger partial charge in [0.05, 0.1) is 6.54 Å². The summed E-state index contributed by atoms with van der Waals surface area (Å²) in [4.78, 5) is 27.1. The zero-order valence-electron chi connectivity index (χ0n) is 12.4. The number of amides is 1. The lowest BCUT2D eigenvalue weighted by Gasteiger charge is -2.36. The van der Waals surface area contributed by atoms with E-state index in [0.29, 0.717) is 6.54 Å². The summed E-state index contributed by atoms with van der Waals surface area (Å²) in [6.45, 7) is 1.72. The van der Waals surface area contributed by atoms with Crippen molar-refractivity contribution in [2.75, 3.05) is 31.1 Å². The summed E-state index contributed by atoms with van der Waals surface area (Å²) in [7, 11) is 0. The molecule has 6 heteroatoms. The van der Waals surface area contributed by atoms with Crippen LogP contribution in [0.15, 0.2) is 24.3 Å². The number of piperidine rings is 1. The number of likely N-dealkylation sites (tertiary alicyclic amines) is 1. The van der Waals surface area contributed by atoms with Crippen molar-refractivity contribution in [3.63, 3.8) is 0 Å². The Hall–Kier alpha value is -2.08. The van der Waals surface area contributed by atoms with E-state index in [0.717, 1.165) is 18.7 Å². The summed E-state index contributed by atoms with van der Waals surface area (Å²) in [6, 6.07) is 8.07. The lowest BCUT2D eigenvalue weighted by atomic mass is 9.91. The molecule has 0 aliphatic carbocycles. The van der Waals surface area contributed by atoms with E-state index < -0.39 is 11.6 Å². The Kier molecular flexibility index (Phi) is 3.78. The highest BCUT2D eigenvalue weighted by molar-refractivity contribution is 5.83. The summed E-state index contributed by atoms with van der Waals surface area (Å²) >= 11 is 0. The second-order valence-electron chi connectivity index (χ2n) is 6.02. The first-order chi connectivity index (χ1) is 10.5. The molecule has 0 aromatic heterocycles. The molecule has 0 bridgehead atoms. The van der Waals surface area contributed by atoms with Crippen LogP contribution in [-0.4, -0.2) is 58.8 Å². The Balaban J connectivity index is 1.59. The van der Waals surface area contributed by atoms with Gasteiger partial charge in [0.1, 0.15) is 0 Å². The molecule has 3 rings (SSSR count). The van der Waals surface area contributed by atoms with Crippen LogP contribution in [0, 0.1) is 0 Å². The van der Waals surface area contributed by atoms with Crippen molar-refractivity contribution in [1.82, 2.24) is 4.90 Å². The first-order valence-electron chi connectivity index (χ1n) is 7.56. The third-order valence-electron chi connectivity index (χ3n) is 4.65. The van der Waals surface area contributed by atoms with Gasteiger partial charge < -0.3 is 20.0 Å². The number of hydrogen-bond acceptors (Lipinski definition) is 4. The topological polar surface area (TPSA) is 81.1 Å². The molecule has 0 radical (unpaired) electrons. The predicted octanol–water partition coefficient (Wildman–Crippen LogP) is 0.487. The van der Waals surface area contributed by atoms with E-state index in [9.17, 15) is 14.7 Å². The molecule has 118 valence electrons. The number of carboxylic acid groups (broad SMARTS) is 1. The Morgan fingerprint density at radius 3 is 2.50 bits per heavy atom. The van der Waals surface area contributed by atoms with Gasteiger partial charge in [-0.15, -0.1) is 0 Å². The maximum absolute atomic E-state index is 12.4. The molecule has 22 heavy (non-hydrogen) atoms. The van der Waals surface area contributed by atoms with Crippen LogP contribution in [0.5, 0.6) is 0 Å². The van der Waals surface area contributed by atoms with Crippen LogP contribution in [0.2, 0.25) is 0 Å². The van der Waals surface area contributed by atoms with Crippen molar-refractivity contribution in [2.24, 2.45) is 0 Å². The van der Waals surface area contributed by atoms with Gasteiger partial charge in [-0.1, -0.05) is 18.2 Å². The molecule has 0 unspecified atom stereocenters. The van der Waals surface area contributed by atoms with Crippen molar-refractivity contribution >= 4 is 17.6 Å². The second kappa shape index (κ2) is 5.61. The third kappa shape index (κ3) is 2.66. The minimum Gasteiger partial charge on any atom is -0.479 e. The highest BCUT2D eigenvalue weighted by Crippen LogP contribution is 2.28. The van der Waals surface area contributed by atoms with Crippen molar-refractivity contribution in [3.05, 3.63) is 29.8 Å². The quantitative estimate of drug-likeness (QED) is 0.849. The first kappa shape index (κ1) is 14.8. The fourth-order valence-electron chi connectivity index (χ4n) is 3.17. The number of benzene rings is 1.